The number of benzene rings is 1. The summed E-state index contributed by atoms with van der Waals surface area (Å²) in [6.07, 6.45) is 2.37. The number of hydrogen-bond acceptors (Lipinski definition) is 4. The van der Waals surface area contributed by atoms with Gasteiger partial charge < -0.3 is 10.7 Å². The molecule has 0 aliphatic heterocycles. The second kappa shape index (κ2) is 5.79. The maximum absolute atomic E-state index is 13.3. The lowest BCUT2D eigenvalue weighted by Gasteiger charge is -2.05. The maximum Gasteiger partial charge on any atom is 0.305 e. The van der Waals surface area contributed by atoms with Crippen molar-refractivity contribution in [1.29, 1.82) is 0 Å². The zero-order chi connectivity index (χ0) is 14.7. The van der Waals surface area contributed by atoms with Crippen LogP contribution in [-0.4, -0.2) is 21.4 Å². The van der Waals surface area contributed by atoms with E-state index in [4.69, 9.17) is 5.73 Å². The molecule has 6 nitrogen and oxygen atoms in total. The number of nitrogens with one attached hydrogen (secondary N) is 1. The van der Waals surface area contributed by atoms with Gasteiger partial charge >= 0.3 is 5.69 Å². The second-order valence-corrected chi connectivity index (χ2v) is 4.58. The summed E-state index contributed by atoms with van der Waals surface area (Å²) in [4.78, 5) is 17.3. The fourth-order valence-corrected chi connectivity index (χ4v) is 1.94. The number of nitrogens with two attached hydrogens (primary N) is 1. The van der Waals surface area contributed by atoms with Gasteiger partial charge in [-0.1, -0.05) is 6.92 Å². The van der Waals surface area contributed by atoms with Crippen molar-refractivity contribution >= 4 is 5.69 Å². The molecule has 2 aromatic rings. The van der Waals surface area contributed by atoms with Crippen LogP contribution in [0.1, 0.15) is 25.1 Å². The number of halogens is 1. The summed E-state index contributed by atoms with van der Waals surface area (Å²) >= 11 is 0. The predicted octanol–water partition coefficient (Wildman–Crippen LogP) is 2.58. The number of aromatic amines is 1. The van der Waals surface area contributed by atoms with Gasteiger partial charge in [-0.2, -0.15) is 4.39 Å². The number of nitrogens with zero attached hydrogens (tertiary/aromatic N) is 2. The molecule has 0 radical (unpaired) electrons. The number of imidazole rings is 1. The van der Waals surface area contributed by atoms with Gasteiger partial charge in [-0.15, -0.1) is 0 Å². The van der Waals surface area contributed by atoms with E-state index in [1.807, 2.05) is 6.92 Å². The molecule has 1 aromatic heterocycles. The normalized spacial score (nSPS) is 12.3. The maximum atomic E-state index is 13.3. The van der Waals surface area contributed by atoms with Gasteiger partial charge in [-0.25, -0.2) is 4.98 Å². The average molecular weight is 278 g/mol. The Morgan fingerprint density at radius 2 is 2.30 bits per heavy atom. The third-order valence-corrected chi connectivity index (χ3v) is 3.12. The number of nitro groups is 1. The van der Waals surface area contributed by atoms with E-state index in [1.165, 1.54) is 12.1 Å². The van der Waals surface area contributed by atoms with Gasteiger partial charge in [0, 0.05) is 17.5 Å². The van der Waals surface area contributed by atoms with Crippen LogP contribution in [-0.2, 0) is 0 Å². The van der Waals surface area contributed by atoms with E-state index in [2.05, 4.69) is 9.97 Å². The smallest absolute Gasteiger partial charge is 0.305 e. The summed E-state index contributed by atoms with van der Waals surface area (Å²) in [5.74, 6) is 0.0802. The Morgan fingerprint density at radius 3 is 2.95 bits per heavy atom. The van der Waals surface area contributed by atoms with E-state index in [1.54, 1.807) is 6.20 Å². The van der Waals surface area contributed by atoms with E-state index in [-0.39, 0.29) is 5.92 Å². The summed E-state index contributed by atoms with van der Waals surface area (Å²) in [7, 11) is 0. The Hall–Kier alpha value is -2.28. The third kappa shape index (κ3) is 2.83. The molecule has 0 spiro atoms. The molecule has 1 unspecified atom stereocenters. The van der Waals surface area contributed by atoms with Crippen LogP contribution in [0.5, 0.6) is 0 Å². The van der Waals surface area contributed by atoms with Crippen molar-refractivity contribution < 1.29 is 9.31 Å². The average Bonchev–Trinajstić information content (AvgIpc) is 2.89. The Morgan fingerprint density at radius 1 is 1.55 bits per heavy atom. The molecular formula is C13H15FN4O2. The summed E-state index contributed by atoms with van der Waals surface area (Å²) in [5.41, 5.74) is 6.09. The molecule has 0 amide bonds. The van der Waals surface area contributed by atoms with Crippen molar-refractivity contribution in [3.8, 4) is 11.3 Å². The summed E-state index contributed by atoms with van der Waals surface area (Å²) in [5, 5.41) is 10.7. The molecule has 0 fully saturated rings. The largest absolute Gasteiger partial charge is 0.342 e. The minimum atomic E-state index is -0.852. The Labute approximate surface area is 115 Å². The van der Waals surface area contributed by atoms with E-state index < -0.39 is 16.4 Å². The molecule has 7 heteroatoms. The molecule has 1 atom stereocenters. The lowest BCUT2D eigenvalue weighted by molar-refractivity contribution is -0.387. The summed E-state index contributed by atoms with van der Waals surface area (Å²) in [6, 6.07) is 3.75. The van der Waals surface area contributed by atoms with Gasteiger partial charge in [0.2, 0.25) is 5.82 Å². The Kier molecular flexibility index (Phi) is 4.09. The number of rotatable bonds is 5. The third-order valence-electron chi connectivity index (χ3n) is 3.12. The Bertz CT molecular complexity index is 627. The molecule has 1 aromatic carbocycles. The summed E-state index contributed by atoms with van der Waals surface area (Å²) < 4.78 is 13.3. The van der Waals surface area contributed by atoms with Gasteiger partial charge in [-0.3, -0.25) is 10.1 Å². The van der Waals surface area contributed by atoms with Crippen molar-refractivity contribution in [2.75, 3.05) is 6.54 Å². The van der Waals surface area contributed by atoms with E-state index in [9.17, 15) is 14.5 Å². The summed E-state index contributed by atoms with van der Waals surface area (Å²) in [6.45, 7) is 2.54. The highest BCUT2D eigenvalue weighted by molar-refractivity contribution is 5.62. The zero-order valence-electron chi connectivity index (χ0n) is 11.0. The lowest BCUT2D eigenvalue weighted by atomic mass is 10.1. The minimum Gasteiger partial charge on any atom is -0.342 e. The highest BCUT2D eigenvalue weighted by Crippen LogP contribution is 2.26. The number of hydrogen-bond donors (Lipinski definition) is 2. The molecule has 3 N–H and O–H groups in total. The van der Waals surface area contributed by atoms with Crippen LogP contribution in [0.2, 0.25) is 0 Å². The highest BCUT2D eigenvalue weighted by Gasteiger charge is 2.16. The monoisotopic (exact) mass is 278 g/mol. The molecule has 2 rings (SSSR count). The minimum absolute atomic E-state index is 0.171. The van der Waals surface area contributed by atoms with Gasteiger partial charge in [0.1, 0.15) is 5.82 Å². The SMILES string of the molecule is CC(CCN)c1ncc(-c2ccc(F)c([N+](=O)[O-])c2)[nH]1. The zero-order valence-corrected chi connectivity index (χ0v) is 11.0. The number of nitro benzene ring substituents is 1. The quantitative estimate of drug-likeness (QED) is 0.648. The van der Waals surface area contributed by atoms with Crippen molar-refractivity contribution in [2.45, 2.75) is 19.3 Å². The standard InChI is InChI=1S/C13H15FN4O2/c1-8(4-5-15)13-16-7-11(17-13)9-2-3-10(14)12(6-9)18(19)20/h2-3,6-8H,4-5,15H2,1H3,(H,16,17). The van der Waals surface area contributed by atoms with Crippen molar-refractivity contribution in [2.24, 2.45) is 5.73 Å². The second-order valence-electron chi connectivity index (χ2n) is 4.58. The first-order valence-corrected chi connectivity index (χ1v) is 6.22. The molecule has 1 heterocycles. The van der Waals surface area contributed by atoms with Gasteiger partial charge in [0.25, 0.3) is 0 Å². The van der Waals surface area contributed by atoms with E-state index >= 15 is 0 Å². The number of aromatic nitrogens is 2. The van der Waals surface area contributed by atoms with Crippen LogP contribution in [0.25, 0.3) is 11.3 Å². The van der Waals surface area contributed by atoms with Crippen molar-refractivity contribution in [3.05, 3.63) is 46.2 Å². The highest BCUT2D eigenvalue weighted by atomic mass is 19.1. The van der Waals surface area contributed by atoms with Crippen LogP contribution in [0.15, 0.2) is 24.4 Å². The topological polar surface area (TPSA) is 97.8 Å². The van der Waals surface area contributed by atoms with Crippen LogP contribution < -0.4 is 5.73 Å². The van der Waals surface area contributed by atoms with Gasteiger partial charge in [0.15, 0.2) is 0 Å². The molecular weight excluding hydrogens is 263 g/mol. The van der Waals surface area contributed by atoms with Gasteiger partial charge in [-0.05, 0) is 25.1 Å². The van der Waals surface area contributed by atoms with Crippen molar-refractivity contribution in [3.63, 3.8) is 0 Å². The molecule has 0 aliphatic carbocycles. The van der Waals surface area contributed by atoms with Crippen LogP contribution in [0.3, 0.4) is 0 Å². The predicted molar refractivity (Wildman–Crippen MR) is 72.7 cm³/mol. The molecule has 0 aliphatic rings. The number of H-pyrrole nitrogens is 1. The first-order chi connectivity index (χ1) is 9.52. The molecule has 0 saturated carbocycles. The van der Waals surface area contributed by atoms with Crippen LogP contribution in [0, 0.1) is 15.9 Å². The van der Waals surface area contributed by atoms with E-state index in [0.29, 0.717) is 17.8 Å². The molecule has 106 valence electrons. The lowest BCUT2D eigenvalue weighted by Crippen LogP contribution is -2.05. The van der Waals surface area contributed by atoms with Crippen LogP contribution in [0.4, 0.5) is 10.1 Å². The first kappa shape index (κ1) is 14.1. The van der Waals surface area contributed by atoms with Crippen molar-refractivity contribution in [1.82, 2.24) is 9.97 Å². The van der Waals surface area contributed by atoms with Gasteiger partial charge in [0.05, 0.1) is 16.8 Å². The Balaban J connectivity index is 2.33. The first-order valence-electron chi connectivity index (χ1n) is 6.22. The fourth-order valence-electron chi connectivity index (χ4n) is 1.94. The van der Waals surface area contributed by atoms with Crippen LogP contribution >= 0.6 is 0 Å². The van der Waals surface area contributed by atoms with E-state index in [0.717, 1.165) is 18.3 Å². The molecule has 0 bridgehead atoms. The molecule has 20 heavy (non-hydrogen) atoms. The fraction of sp³-hybridized carbons (Fsp3) is 0.308. The molecule has 0 saturated heterocycles.